The summed E-state index contributed by atoms with van der Waals surface area (Å²) in [5.74, 6) is -0.697. The van der Waals surface area contributed by atoms with E-state index in [9.17, 15) is 21.6 Å². The molecule has 0 saturated heterocycles. The first-order chi connectivity index (χ1) is 6.68. The fourth-order valence-corrected chi connectivity index (χ4v) is 1.42. The van der Waals surface area contributed by atoms with Crippen molar-refractivity contribution in [3.8, 4) is 5.75 Å². The first-order valence-electron chi connectivity index (χ1n) is 3.35. The van der Waals surface area contributed by atoms with E-state index < -0.39 is 26.2 Å². The van der Waals surface area contributed by atoms with Gasteiger partial charge < -0.3 is 4.74 Å². The lowest BCUT2D eigenvalue weighted by Gasteiger charge is -2.08. The average molecular weight is 262 g/mol. The molecule has 84 valence electrons. The number of nitrogens with zero attached hydrogens (tertiary/aromatic N) is 1. The Hall–Kier alpha value is -1.02. The Bertz CT molecular complexity index is 459. The molecular weight excluding hydrogens is 259 g/mol. The van der Waals surface area contributed by atoms with Crippen LogP contribution in [0.5, 0.6) is 5.75 Å². The van der Waals surface area contributed by atoms with Gasteiger partial charge in [-0.25, -0.2) is 13.4 Å². The van der Waals surface area contributed by atoms with Crippen molar-refractivity contribution in [2.45, 2.75) is 11.4 Å². The third-order valence-electron chi connectivity index (χ3n) is 1.19. The summed E-state index contributed by atoms with van der Waals surface area (Å²) in [5.41, 5.74) is 0. The molecule has 0 unspecified atom stereocenters. The van der Waals surface area contributed by atoms with Crippen molar-refractivity contribution in [1.82, 2.24) is 4.98 Å². The third kappa shape index (κ3) is 3.92. The summed E-state index contributed by atoms with van der Waals surface area (Å²) in [7, 11) is 0.708. The van der Waals surface area contributed by atoms with E-state index in [1.807, 2.05) is 0 Å². The lowest BCUT2D eigenvalue weighted by atomic mass is 10.5. The number of ether oxygens (including phenoxy) is 1. The third-order valence-corrected chi connectivity index (χ3v) is 2.39. The Morgan fingerprint density at radius 1 is 1.40 bits per heavy atom. The molecular formula is C6H3ClF3NO3S. The average Bonchev–Trinajstić information content (AvgIpc) is 1.99. The highest BCUT2D eigenvalue weighted by molar-refractivity contribution is 8.13. The van der Waals surface area contributed by atoms with Crippen LogP contribution < -0.4 is 4.74 Å². The largest absolute Gasteiger partial charge is 0.573 e. The van der Waals surface area contributed by atoms with Gasteiger partial charge in [0.25, 0.3) is 9.05 Å². The molecule has 1 aromatic heterocycles. The molecule has 0 aliphatic rings. The van der Waals surface area contributed by atoms with Crippen LogP contribution in [0.1, 0.15) is 0 Å². The zero-order chi connectivity index (χ0) is 11.7. The molecule has 0 fully saturated rings. The van der Waals surface area contributed by atoms with Crippen LogP contribution in [0.25, 0.3) is 0 Å². The predicted molar refractivity (Wildman–Crippen MR) is 44.0 cm³/mol. The molecule has 1 aromatic rings. The Morgan fingerprint density at radius 2 is 2.00 bits per heavy atom. The fourth-order valence-electron chi connectivity index (χ4n) is 0.722. The van der Waals surface area contributed by atoms with Gasteiger partial charge in [-0.1, -0.05) is 0 Å². The monoisotopic (exact) mass is 261 g/mol. The molecule has 9 heteroatoms. The van der Waals surface area contributed by atoms with E-state index in [1.165, 1.54) is 0 Å². The second-order valence-electron chi connectivity index (χ2n) is 2.32. The van der Waals surface area contributed by atoms with E-state index in [1.54, 1.807) is 0 Å². The van der Waals surface area contributed by atoms with E-state index in [-0.39, 0.29) is 0 Å². The van der Waals surface area contributed by atoms with Gasteiger partial charge in [-0.05, 0) is 6.07 Å². The molecule has 0 amide bonds. The number of aromatic nitrogens is 1. The molecule has 1 heterocycles. The smallest absolute Gasteiger partial charge is 0.406 e. The lowest BCUT2D eigenvalue weighted by molar-refractivity contribution is -0.274. The van der Waals surface area contributed by atoms with Gasteiger partial charge in [0.2, 0.25) is 0 Å². The highest BCUT2D eigenvalue weighted by atomic mass is 35.7. The van der Waals surface area contributed by atoms with Gasteiger partial charge in [0.1, 0.15) is 5.75 Å². The number of pyridine rings is 1. The van der Waals surface area contributed by atoms with Crippen molar-refractivity contribution < 1.29 is 26.3 Å². The molecule has 1 rings (SSSR count). The minimum atomic E-state index is -4.89. The minimum absolute atomic E-state index is 0.579. The standard InChI is InChI=1S/C6H3ClF3NO3S/c7-15(12,13)5-3-4(1-2-11-5)14-6(8,9)10/h1-3H. The fraction of sp³-hybridized carbons (Fsp3) is 0.167. The maximum atomic E-state index is 11.7. The van der Waals surface area contributed by atoms with Gasteiger partial charge >= 0.3 is 6.36 Å². The van der Waals surface area contributed by atoms with Crippen LogP contribution in [-0.4, -0.2) is 19.8 Å². The Labute approximate surface area is 87.1 Å². The molecule has 0 aliphatic heterocycles. The highest BCUT2D eigenvalue weighted by Gasteiger charge is 2.31. The summed E-state index contributed by atoms with van der Waals surface area (Å²) in [6.07, 6.45) is -4.05. The van der Waals surface area contributed by atoms with Gasteiger partial charge in [-0.15, -0.1) is 13.2 Å². The summed E-state index contributed by atoms with van der Waals surface area (Å²) in [4.78, 5) is 3.27. The SMILES string of the molecule is O=S(=O)(Cl)c1cc(OC(F)(F)F)ccn1. The van der Waals surface area contributed by atoms with Crippen molar-refractivity contribution in [3.05, 3.63) is 18.3 Å². The number of alkyl halides is 3. The number of hydrogen-bond donors (Lipinski definition) is 0. The summed E-state index contributed by atoms with van der Waals surface area (Å²) in [5, 5.41) is -0.703. The molecule has 0 radical (unpaired) electrons. The minimum Gasteiger partial charge on any atom is -0.406 e. The van der Waals surface area contributed by atoms with Gasteiger partial charge in [-0.2, -0.15) is 0 Å². The van der Waals surface area contributed by atoms with Crippen molar-refractivity contribution in [1.29, 1.82) is 0 Å². The molecule has 0 spiro atoms. The van der Waals surface area contributed by atoms with E-state index >= 15 is 0 Å². The first-order valence-corrected chi connectivity index (χ1v) is 5.66. The predicted octanol–water partition coefficient (Wildman–Crippen LogP) is 1.91. The molecule has 4 nitrogen and oxygen atoms in total. The molecule has 0 saturated carbocycles. The van der Waals surface area contributed by atoms with E-state index in [0.717, 1.165) is 12.3 Å². The summed E-state index contributed by atoms with van der Waals surface area (Å²) in [6.45, 7) is 0. The second-order valence-corrected chi connectivity index (χ2v) is 4.83. The zero-order valence-corrected chi connectivity index (χ0v) is 8.40. The molecule has 0 N–H and O–H groups in total. The van der Waals surface area contributed by atoms with Gasteiger partial charge in [0.05, 0.1) is 0 Å². The number of hydrogen-bond acceptors (Lipinski definition) is 4. The van der Waals surface area contributed by atoms with Crippen LogP contribution in [0.3, 0.4) is 0 Å². The normalized spacial score (nSPS) is 12.5. The second kappa shape index (κ2) is 3.86. The lowest BCUT2D eigenvalue weighted by Crippen LogP contribution is -2.17. The molecule has 15 heavy (non-hydrogen) atoms. The topological polar surface area (TPSA) is 56.3 Å². The number of halogens is 4. The van der Waals surface area contributed by atoms with Gasteiger partial charge in [-0.3, -0.25) is 0 Å². The maximum Gasteiger partial charge on any atom is 0.573 e. The van der Waals surface area contributed by atoms with Crippen molar-refractivity contribution in [2.75, 3.05) is 0 Å². The summed E-state index contributed by atoms with van der Waals surface area (Å²) < 4.78 is 60.1. The van der Waals surface area contributed by atoms with Crippen LogP contribution >= 0.6 is 10.7 Å². The Kier molecular flexibility index (Phi) is 3.10. The van der Waals surface area contributed by atoms with E-state index in [2.05, 4.69) is 9.72 Å². The Morgan fingerprint density at radius 3 is 2.47 bits per heavy atom. The van der Waals surface area contributed by atoms with E-state index in [4.69, 9.17) is 10.7 Å². The highest BCUT2D eigenvalue weighted by Crippen LogP contribution is 2.24. The van der Waals surface area contributed by atoms with Crippen molar-refractivity contribution in [3.63, 3.8) is 0 Å². The van der Waals surface area contributed by atoms with Crippen molar-refractivity contribution >= 4 is 19.7 Å². The quantitative estimate of drug-likeness (QED) is 0.763. The van der Waals surface area contributed by atoms with Gasteiger partial charge in [0.15, 0.2) is 5.03 Å². The first kappa shape index (κ1) is 12.1. The summed E-state index contributed by atoms with van der Waals surface area (Å²) >= 11 is 0. The molecule has 0 atom stereocenters. The molecule has 0 aliphatic carbocycles. The Balaban J connectivity index is 3.04. The zero-order valence-electron chi connectivity index (χ0n) is 6.82. The van der Waals surface area contributed by atoms with Crippen LogP contribution in [0.4, 0.5) is 13.2 Å². The van der Waals surface area contributed by atoms with Crippen LogP contribution in [0.2, 0.25) is 0 Å². The summed E-state index contributed by atoms with van der Waals surface area (Å²) in [6, 6.07) is 1.44. The maximum absolute atomic E-state index is 11.7. The van der Waals surface area contributed by atoms with Gasteiger partial charge in [0, 0.05) is 22.9 Å². The van der Waals surface area contributed by atoms with Crippen molar-refractivity contribution in [2.24, 2.45) is 0 Å². The van der Waals surface area contributed by atoms with E-state index in [0.29, 0.717) is 6.07 Å². The number of rotatable bonds is 2. The molecule has 0 bridgehead atoms. The molecule has 0 aromatic carbocycles. The van der Waals surface area contributed by atoms with Crippen LogP contribution in [-0.2, 0) is 9.05 Å². The van der Waals surface area contributed by atoms with Crippen LogP contribution in [0.15, 0.2) is 23.4 Å². The van der Waals surface area contributed by atoms with Crippen LogP contribution in [0, 0.1) is 0 Å².